The van der Waals surface area contributed by atoms with Crippen molar-refractivity contribution in [3.63, 3.8) is 0 Å². The topological polar surface area (TPSA) is 0 Å². The molecule has 0 aliphatic heterocycles. The fourth-order valence-corrected chi connectivity index (χ4v) is 1.66. The van der Waals surface area contributed by atoms with Gasteiger partial charge < -0.3 is 0 Å². The van der Waals surface area contributed by atoms with Gasteiger partial charge in [-0.1, -0.05) is 13.0 Å². The molecule has 0 heterocycles. The number of hydrogen-bond donors (Lipinski definition) is 0. The molecular formula is C12H18. The molecule has 0 aliphatic rings. The largest absolute Gasteiger partial charge is 0.0613 e. The van der Waals surface area contributed by atoms with Gasteiger partial charge in [-0.3, -0.25) is 0 Å². The maximum Gasteiger partial charge on any atom is -0.0305 e. The van der Waals surface area contributed by atoms with E-state index in [1.54, 1.807) is 0 Å². The van der Waals surface area contributed by atoms with Gasteiger partial charge in [0.2, 0.25) is 0 Å². The smallest absolute Gasteiger partial charge is 0.0305 e. The predicted molar refractivity (Wildman–Crippen MR) is 54.8 cm³/mol. The molecule has 0 fully saturated rings. The SMILES string of the molecule is CCc1cc(C)c(C)c(C)c1C. The summed E-state index contributed by atoms with van der Waals surface area (Å²) in [6.45, 7) is 11.1. The van der Waals surface area contributed by atoms with E-state index in [1.807, 2.05) is 0 Å². The first-order chi connectivity index (χ1) is 5.57. The Labute approximate surface area is 75.6 Å². The molecule has 0 heteroatoms. The monoisotopic (exact) mass is 162 g/mol. The molecule has 0 amide bonds. The van der Waals surface area contributed by atoms with Crippen LogP contribution in [0.2, 0.25) is 0 Å². The minimum atomic E-state index is 1.15. The van der Waals surface area contributed by atoms with Gasteiger partial charge in [0.1, 0.15) is 0 Å². The van der Waals surface area contributed by atoms with Crippen molar-refractivity contribution in [2.75, 3.05) is 0 Å². The summed E-state index contributed by atoms with van der Waals surface area (Å²) in [6.07, 6.45) is 1.15. The van der Waals surface area contributed by atoms with Gasteiger partial charge in [0.15, 0.2) is 0 Å². The van der Waals surface area contributed by atoms with Crippen LogP contribution < -0.4 is 0 Å². The molecule has 0 nitrogen and oxygen atoms in total. The van der Waals surface area contributed by atoms with Crippen molar-refractivity contribution < 1.29 is 0 Å². The zero-order valence-corrected chi connectivity index (χ0v) is 8.78. The second-order valence-electron chi connectivity index (χ2n) is 3.58. The molecule has 0 aliphatic carbocycles. The zero-order valence-electron chi connectivity index (χ0n) is 8.78. The fraction of sp³-hybridized carbons (Fsp3) is 0.500. The molecule has 0 N–H and O–H groups in total. The minimum absolute atomic E-state index is 1.15. The van der Waals surface area contributed by atoms with Crippen LogP contribution in [0.25, 0.3) is 0 Å². The lowest BCUT2D eigenvalue weighted by molar-refractivity contribution is 1.07. The van der Waals surface area contributed by atoms with Crippen molar-refractivity contribution in [1.82, 2.24) is 0 Å². The average Bonchev–Trinajstić information content (AvgIpc) is 2.08. The molecular weight excluding hydrogens is 144 g/mol. The summed E-state index contributed by atoms with van der Waals surface area (Å²) >= 11 is 0. The third kappa shape index (κ3) is 1.38. The van der Waals surface area contributed by atoms with Crippen LogP contribution >= 0.6 is 0 Å². The number of hydrogen-bond acceptors (Lipinski definition) is 0. The predicted octanol–water partition coefficient (Wildman–Crippen LogP) is 3.48. The summed E-state index contributed by atoms with van der Waals surface area (Å²) in [4.78, 5) is 0. The van der Waals surface area contributed by atoms with Gasteiger partial charge in [-0.2, -0.15) is 0 Å². The van der Waals surface area contributed by atoms with Crippen LogP contribution in [-0.4, -0.2) is 0 Å². The molecule has 1 rings (SSSR count). The third-order valence-electron chi connectivity index (χ3n) is 2.97. The first-order valence-corrected chi connectivity index (χ1v) is 4.64. The molecule has 0 bridgehead atoms. The molecule has 0 radical (unpaired) electrons. The maximum absolute atomic E-state index is 2.32. The van der Waals surface area contributed by atoms with Crippen molar-refractivity contribution >= 4 is 0 Å². The highest BCUT2D eigenvalue weighted by Crippen LogP contribution is 2.21. The molecule has 66 valence electrons. The highest BCUT2D eigenvalue weighted by molar-refractivity contribution is 5.43. The van der Waals surface area contributed by atoms with Crippen LogP contribution in [0.15, 0.2) is 6.07 Å². The first kappa shape index (κ1) is 9.31. The number of benzene rings is 1. The standard InChI is InChI=1S/C12H18/c1-6-12-7-8(2)9(3)10(4)11(12)5/h7H,6H2,1-5H3. The van der Waals surface area contributed by atoms with E-state index in [4.69, 9.17) is 0 Å². The Balaban J connectivity index is 3.39. The second-order valence-corrected chi connectivity index (χ2v) is 3.58. The summed E-state index contributed by atoms with van der Waals surface area (Å²) < 4.78 is 0. The molecule has 0 spiro atoms. The van der Waals surface area contributed by atoms with E-state index < -0.39 is 0 Å². The lowest BCUT2D eigenvalue weighted by Gasteiger charge is -2.12. The first-order valence-electron chi connectivity index (χ1n) is 4.64. The quantitative estimate of drug-likeness (QED) is 0.593. The summed E-state index contributed by atoms with van der Waals surface area (Å²) in [5, 5.41) is 0. The van der Waals surface area contributed by atoms with Crippen molar-refractivity contribution in [3.8, 4) is 0 Å². The Morgan fingerprint density at radius 2 is 1.50 bits per heavy atom. The molecule has 1 aromatic carbocycles. The number of rotatable bonds is 1. The van der Waals surface area contributed by atoms with E-state index >= 15 is 0 Å². The van der Waals surface area contributed by atoms with Crippen LogP contribution in [0.4, 0.5) is 0 Å². The summed E-state index contributed by atoms with van der Waals surface area (Å²) in [5.41, 5.74) is 7.31. The Bertz CT molecular complexity index is 295. The van der Waals surface area contributed by atoms with E-state index in [0.717, 1.165) is 6.42 Å². The van der Waals surface area contributed by atoms with Crippen molar-refractivity contribution in [2.24, 2.45) is 0 Å². The molecule has 0 aromatic heterocycles. The van der Waals surface area contributed by atoms with Crippen LogP contribution in [0, 0.1) is 27.7 Å². The van der Waals surface area contributed by atoms with Crippen molar-refractivity contribution in [3.05, 3.63) is 33.9 Å². The highest BCUT2D eigenvalue weighted by atomic mass is 14.1. The summed E-state index contributed by atoms with van der Waals surface area (Å²) in [6, 6.07) is 2.32. The van der Waals surface area contributed by atoms with Gasteiger partial charge in [-0.15, -0.1) is 0 Å². The summed E-state index contributed by atoms with van der Waals surface area (Å²) in [5.74, 6) is 0. The molecule has 12 heavy (non-hydrogen) atoms. The molecule has 0 unspecified atom stereocenters. The molecule has 1 aromatic rings. The average molecular weight is 162 g/mol. The van der Waals surface area contributed by atoms with Gasteiger partial charge >= 0.3 is 0 Å². The van der Waals surface area contributed by atoms with E-state index in [9.17, 15) is 0 Å². The van der Waals surface area contributed by atoms with Crippen molar-refractivity contribution in [2.45, 2.75) is 41.0 Å². The zero-order chi connectivity index (χ0) is 9.30. The second kappa shape index (κ2) is 3.30. The number of aryl methyl sites for hydroxylation is 2. The van der Waals surface area contributed by atoms with Gasteiger partial charge in [-0.25, -0.2) is 0 Å². The Kier molecular flexibility index (Phi) is 2.56. The van der Waals surface area contributed by atoms with Gasteiger partial charge in [0.05, 0.1) is 0 Å². The Hall–Kier alpha value is -0.780. The van der Waals surface area contributed by atoms with Gasteiger partial charge in [0, 0.05) is 0 Å². The van der Waals surface area contributed by atoms with Crippen LogP contribution in [0.3, 0.4) is 0 Å². The van der Waals surface area contributed by atoms with Crippen LogP contribution in [0.5, 0.6) is 0 Å². The molecule has 0 atom stereocenters. The normalized spacial score (nSPS) is 10.4. The van der Waals surface area contributed by atoms with Crippen LogP contribution in [0.1, 0.15) is 34.7 Å². The van der Waals surface area contributed by atoms with E-state index in [2.05, 4.69) is 40.7 Å². The van der Waals surface area contributed by atoms with Gasteiger partial charge in [-0.05, 0) is 61.9 Å². The fourth-order valence-electron chi connectivity index (χ4n) is 1.66. The Morgan fingerprint density at radius 1 is 0.917 bits per heavy atom. The summed E-state index contributed by atoms with van der Waals surface area (Å²) in [7, 11) is 0. The van der Waals surface area contributed by atoms with E-state index in [0.29, 0.717) is 0 Å². The third-order valence-corrected chi connectivity index (χ3v) is 2.97. The lowest BCUT2D eigenvalue weighted by Crippen LogP contribution is -1.96. The highest BCUT2D eigenvalue weighted by Gasteiger charge is 2.04. The van der Waals surface area contributed by atoms with Gasteiger partial charge in [0.25, 0.3) is 0 Å². The Morgan fingerprint density at radius 3 is 2.00 bits per heavy atom. The van der Waals surface area contributed by atoms with Crippen LogP contribution in [-0.2, 0) is 6.42 Å². The van der Waals surface area contributed by atoms with Crippen molar-refractivity contribution in [1.29, 1.82) is 0 Å². The lowest BCUT2D eigenvalue weighted by atomic mass is 9.94. The molecule has 0 saturated carbocycles. The minimum Gasteiger partial charge on any atom is -0.0613 e. The van der Waals surface area contributed by atoms with E-state index in [-0.39, 0.29) is 0 Å². The maximum atomic E-state index is 2.32. The van der Waals surface area contributed by atoms with E-state index in [1.165, 1.54) is 27.8 Å². The molecule has 0 saturated heterocycles.